The Hall–Kier alpha value is -1.35. The van der Waals surface area contributed by atoms with Crippen LogP contribution in [0.2, 0.25) is 0 Å². The Balaban J connectivity index is 2.07. The van der Waals surface area contributed by atoms with E-state index in [1.807, 2.05) is 13.0 Å². The molecular weight excluding hydrogens is 230 g/mol. The highest BCUT2D eigenvalue weighted by atomic mass is 32.1. The van der Waals surface area contributed by atoms with Crippen molar-refractivity contribution in [2.45, 2.75) is 34.3 Å². The smallest absolute Gasteiger partial charge is 0.140 e. The van der Waals surface area contributed by atoms with Crippen LogP contribution < -0.4 is 4.74 Å². The van der Waals surface area contributed by atoms with Crippen molar-refractivity contribution in [2.24, 2.45) is 0 Å². The summed E-state index contributed by atoms with van der Waals surface area (Å²) in [5.41, 5.74) is 3.54. The second kappa shape index (κ2) is 4.88. The van der Waals surface area contributed by atoms with Crippen molar-refractivity contribution in [3.8, 4) is 5.75 Å². The van der Waals surface area contributed by atoms with E-state index in [-0.39, 0.29) is 0 Å². The molecule has 2 nitrogen and oxygen atoms in total. The van der Waals surface area contributed by atoms with E-state index in [1.54, 1.807) is 11.3 Å². The summed E-state index contributed by atoms with van der Waals surface area (Å²) >= 11 is 1.71. The van der Waals surface area contributed by atoms with Crippen molar-refractivity contribution in [2.75, 3.05) is 0 Å². The van der Waals surface area contributed by atoms with Gasteiger partial charge in [-0.25, -0.2) is 4.98 Å². The van der Waals surface area contributed by atoms with Gasteiger partial charge in [0.1, 0.15) is 17.4 Å². The topological polar surface area (TPSA) is 22.1 Å². The number of hydrogen-bond acceptors (Lipinski definition) is 3. The van der Waals surface area contributed by atoms with Crippen molar-refractivity contribution >= 4 is 11.3 Å². The molecule has 3 heteroatoms. The summed E-state index contributed by atoms with van der Waals surface area (Å²) < 4.78 is 5.79. The minimum absolute atomic E-state index is 0.559. The van der Waals surface area contributed by atoms with Gasteiger partial charge in [0.15, 0.2) is 0 Å². The average molecular weight is 247 g/mol. The van der Waals surface area contributed by atoms with E-state index in [2.05, 4.69) is 37.9 Å². The predicted octanol–water partition coefficient (Wildman–Crippen LogP) is 3.96. The van der Waals surface area contributed by atoms with Crippen LogP contribution in [0.15, 0.2) is 18.2 Å². The Morgan fingerprint density at radius 3 is 2.53 bits per heavy atom. The fourth-order valence-corrected chi connectivity index (χ4v) is 2.55. The second-order valence-corrected chi connectivity index (χ2v) is 5.59. The Bertz CT molecular complexity index is 512. The molecule has 1 heterocycles. The van der Waals surface area contributed by atoms with E-state index in [1.165, 1.54) is 16.0 Å². The zero-order valence-corrected chi connectivity index (χ0v) is 11.5. The molecule has 17 heavy (non-hydrogen) atoms. The molecule has 0 aliphatic rings. The van der Waals surface area contributed by atoms with Gasteiger partial charge in [-0.3, -0.25) is 0 Å². The molecule has 90 valence electrons. The maximum Gasteiger partial charge on any atom is 0.140 e. The van der Waals surface area contributed by atoms with Crippen LogP contribution in [-0.4, -0.2) is 4.98 Å². The van der Waals surface area contributed by atoms with Crippen LogP contribution in [0.3, 0.4) is 0 Å². The van der Waals surface area contributed by atoms with Gasteiger partial charge in [-0.15, -0.1) is 11.3 Å². The number of aromatic nitrogens is 1. The third-order valence-electron chi connectivity index (χ3n) is 2.75. The minimum atomic E-state index is 0.559. The highest BCUT2D eigenvalue weighted by Crippen LogP contribution is 2.22. The summed E-state index contributed by atoms with van der Waals surface area (Å²) in [6, 6.07) is 6.23. The van der Waals surface area contributed by atoms with Gasteiger partial charge in [0, 0.05) is 4.88 Å². The molecular formula is C14H17NOS. The summed E-state index contributed by atoms with van der Waals surface area (Å²) in [5, 5.41) is 1.04. The number of aryl methyl sites for hydroxylation is 4. The van der Waals surface area contributed by atoms with Crippen molar-refractivity contribution in [3.05, 3.63) is 44.9 Å². The Kier molecular flexibility index (Phi) is 3.48. The number of benzene rings is 1. The Morgan fingerprint density at radius 2 is 1.94 bits per heavy atom. The van der Waals surface area contributed by atoms with Crippen LogP contribution in [0, 0.1) is 27.7 Å². The molecule has 0 fully saturated rings. The van der Waals surface area contributed by atoms with E-state index in [9.17, 15) is 0 Å². The van der Waals surface area contributed by atoms with Crippen LogP contribution >= 0.6 is 11.3 Å². The van der Waals surface area contributed by atoms with Gasteiger partial charge in [-0.2, -0.15) is 0 Å². The van der Waals surface area contributed by atoms with Gasteiger partial charge in [-0.05, 0) is 39.3 Å². The van der Waals surface area contributed by atoms with E-state index >= 15 is 0 Å². The molecule has 0 radical (unpaired) electrons. The maximum absolute atomic E-state index is 5.79. The zero-order chi connectivity index (χ0) is 12.4. The molecule has 0 saturated carbocycles. The Labute approximate surface area is 106 Å². The van der Waals surface area contributed by atoms with Crippen LogP contribution in [0.4, 0.5) is 0 Å². The largest absolute Gasteiger partial charge is 0.486 e. The lowest BCUT2D eigenvalue weighted by Crippen LogP contribution is -1.96. The maximum atomic E-state index is 5.79. The number of hydrogen-bond donors (Lipinski definition) is 0. The molecule has 1 aromatic carbocycles. The van der Waals surface area contributed by atoms with E-state index < -0.39 is 0 Å². The lowest BCUT2D eigenvalue weighted by atomic mass is 10.1. The van der Waals surface area contributed by atoms with Crippen LogP contribution in [-0.2, 0) is 6.61 Å². The standard InChI is InChI=1S/C14H17NOS/c1-9-5-6-13(10(2)7-9)16-8-14-15-11(3)12(4)17-14/h5-7H,8H2,1-4H3. The first kappa shape index (κ1) is 12.1. The van der Waals surface area contributed by atoms with Gasteiger partial charge in [0.2, 0.25) is 0 Å². The Morgan fingerprint density at radius 1 is 1.18 bits per heavy atom. The first-order valence-electron chi connectivity index (χ1n) is 5.69. The highest BCUT2D eigenvalue weighted by Gasteiger charge is 2.05. The van der Waals surface area contributed by atoms with Crippen molar-refractivity contribution in [1.82, 2.24) is 4.98 Å². The summed E-state index contributed by atoms with van der Waals surface area (Å²) in [6.07, 6.45) is 0. The molecule has 0 saturated heterocycles. The molecule has 0 aliphatic carbocycles. The molecule has 0 atom stereocenters. The van der Waals surface area contributed by atoms with Crippen molar-refractivity contribution in [3.63, 3.8) is 0 Å². The predicted molar refractivity (Wildman–Crippen MR) is 71.8 cm³/mol. The van der Waals surface area contributed by atoms with Crippen molar-refractivity contribution < 1.29 is 4.74 Å². The monoisotopic (exact) mass is 247 g/mol. The zero-order valence-electron chi connectivity index (χ0n) is 10.7. The van der Waals surface area contributed by atoms with Gasteiger partial charge in [0.25, 0.3) is 0 Å². The molecule has 1 aromatic heterocycles. The van der Waals surface area contributed by atoms with Gasteiger partial charge in [0.05, 0.1) is 5.69 Å². The fourth-order valence-electron chi connectivity index (χ4n) is 1.70. The summed E-state index contributed by atoms with van der Waals surface area (Å²) in [6.45, 7) is 8.84. The number of nitrogens with zero attached hydrogens (tertiary/aromatic N) is 1. The highest BCUT2D eigenvalue weighted by molar-refractivity contribution is 7.11. The SMILES string of the molecule is Cc1ccc(OCc2nc(C)c(C)s2)c(C)c1. The third kappa shape index (κ3) is 2.86. The first-order chi connectivity index (χ1) is 8.06. The molecule has 2 aromatic rings. The van der Waals surface area contributed by atoms with E-state index in [0.717, 1.165) is 16.5 Å². The molecule has 0 N–H and O–H groups in total. The van der Waals surface area contributed by atoms with Gasteiger partial charge < -0.3 is 4.74 Å². The second-order valence-electron chi connectivity index (χ2n) is 4.31. The summed E-state index contributed by atoms with van der Waals surface area (Å²) in [4.78, 5) is 5.73. The van der Waals surface area contributed by atoms with Crippen LogP contribution in [0.5, 0.6) is 5.75 Å². The quantitative estimate of drug-likeness (QED) is 0.819. The van der Waals surface area contributed by atoms with Crippen molar-refractivity contribution in [1.29, 1.82) is 0 Å². The number of thiazole rings is 1. The van der Waals surface area contributed by atoms with E-state index in [0.29, 0.717) is 6.61 Å². The molecule has 0 spiro atoms. The average Bonchev–Trinajstić information content (AvgIpc) is 2.57. The lowest BCUT2D eigenvalue weighted by Gasteiger charge is -2.07. The molecule has 0 unspecified atom stereocenters. The fraction of sp³-hybridized carbons (Fsp3) is 0.357. The molecule has 0 aliphatic heterocycles. The van der Waals surface area contributed by atoms with E-state index in [4.69, 9.17) is 4.74 Å². The van der Waals surface area contributed by atoms with Crippen LogP contribution in [0.25, 0.3) is 0 Å². The normalized spacial score (nSPS) is 10.6. The van der Waals surface area contributed by atoms with Gasteiger partial charge in [-0.1, -0.05) is 17.7 Å². The minimum Gasteiger partial charge on any atom is -0.486 e. The molecule has 2 rings (SSSR count). The first-order valence-corrected chi connectivity index (χ1v) is 6.51. The summed E-state index contributed by atoms with van der Waals surface area (Å²) in [5.74, 6) is 0.945. The molecule has 0 bridgehead atoms. The van der Waals surface area contributed by atoms with Gasteiger partial charge >= 0.3 is 0 Å². The van der Waals surface area contributed by atoms with Crippen LogP contribution in [0.1, 0.15) is 26.7 Å². The number of rotatable bonds is 3. The summed E-state index contributed by atoms with van der Waals surface area (Å²) in [7, 11) is 0. The molecule has 0 amide bonds. The lowest BCUT2D eigenvalue weighted by molar-refractivity contribution is 0.303. The number of ether oxygens (including phenoxy) is 1. The third-order valence-corrected chi connectivity index (χ3v) is 3.80.